The fourth-order valence-corrected chi connectivity index (χ4v) is 2.69. The van der Waals surface area contributed by atoms with E-state index in [2.05, 4.69) is 5.32 Å². The van der Waals surface area contributed by atoms with Crippen LogP contribution in [0, 0.1) is 20.8 Å². The number of carbonyl (C=O) groups excluding carboxylic acids is 2. The van der Waals surface area contributed by atoms with Crippen LogP contribution in [0.3, 0.4) is 0 Å². The number of halogens is 1. The van der Waals surface area contributed by atoms with Gasteiger partial charge in [0, 0.05) is 11.6 Å². The molecule has 0 aliphatic rings. The third-order valence-corrected chi connectivity index (χ3v) is 3.87. The Hall–Kier alpha value is -2.33. The highest BCUT2D eigenvalue weighted by atomic mass is 35.5. The molecule has 0 aliphatic carbocycles. The van der Waals surface area contributed by atoms with E-state index in [1.165, 1.54) is 0 Å². The summed E-state index contributed by atoms with van der Waals surface area (Å²) in [4.78, 5) is 24.0. The van der Waals surface area contributed by atoms with Gasteiger partial charge in [-0.05, 0) is 49.6 Å². The van der Waals surface area contributed by atoms with Gasteiger partial charge in [0.1, 0.15) is 0 Å². The minimum Gasteiger partial charge on any atom is -0.452 e. The lowest BCUT2D eigenvalue weighted by atomic mass is 10.00. The largest absolute Gasteiger partial charge is 0.452 e. The molecule has 2 aromatic rings. The molecule has 0 aromatic heterocycles. The lowest BCUT2D eigenvalue weighted by Gasteiger charge is -2.11. The third-order valence-electron chi connectivity index (χ3n) is 3.62. The van der Waals surface area contributed by atoms with Gasteiger partial charge in [-0.2, -0.15) is 0 Å². The van der Waals surface area contributed by atoms with Crippen LogP contribution in [0.5, 0.6) is 0 Å². The molecule has 24 heavy (non-hydrogen) atoms. The van der Waals surface area contributed by atoms with Gasteiger partial charge in [0.25, 0.3) is 5.91 Å². The van der Waals surface area contributed by atoms with Crippen LogP contribution in [0.25, 0.3) is 0 Å². The summed E-state index contributed by atoms with van der Waals surface area (Å²) in [5, 5.41) is 3.35. The average Bonchev–Trinajstić information content (AvgIpc) is 2.51. The normalized spacial score (nSPS) is 10.3. The van der Waals surface area contributed by atoms with E-state index < -0.39 is 5.97 Å². The lowest BCUT2D eigenvalue weighted by Crippen LogP contribution is -2.28. The molecular formula is C19H20ClNO3. The van der Waals surface area contributed by atoms with Gasteiger partial charge in [-0.3, -0.25) is 4.79 Å². The number of benzene rings is 2. The molecule has 126 valence electrons. The molecule has 0 aliphatic heterocycles. The van der Waals surface area contributed by atoms with Crippen LogP contribution in [-0.2, 0) is 16.1 Å². The SMILES string of the molecule is Cc1cc(C)c(C(=O)OCC(=O)NCc2ccc(Cl)cc2)c(C)c1. The summed E-state index contributed by atoms with van der Waals surface area (Å²) in [6.45, 7) is 5.74. The number of esters is 1. The van der Waals surface area contributed by atoms with Crippen LogP contribution in [0.1, 0.15) is 32.6 Å². The zero-order chi connectivity index (χ0) is 17.7. The predicted octanol–water partition coefficient (Wildman–Crippen LogP) is 3.74. The van der Waals surface area contributed by atoms with Gasteiger partial charge < -0.3 is 10.1 Å². The molecule has 0 saturated heterocycles. The topological polar surface area (TPSA) is 55.4 Å². The first-order valence-electron chi connectivity index (χ1n) is 7.63. The van der Waals surface area contributed by atoms with Crippen LogP contribution in [0.4, 0.5) is 0 Å². The quantitative estimate of drug-likeness (QED) is 0.840. The minimum absolute atomic E-state index is 0.306. The highest BCUT2D eigenvalue weighted by Gasteiger charge is 2.15. The van der Waals surface area contributed by atoms with E-state index in [9.17, 15) is 9.59 Å². The van der Waals surface area contributed by atoms with E-state index in [-0.39, 0.29) is 12.5 Å². The zero-order valence-electron chi connectivity index (χ0n) is 14.0. The van der Waals surface area contributed by atoms with Crippen molar-refractivity contribution in [1.29, 1.82) is 0 Å². The zero-order valence-corrected chi connectivity index (χ0v) is 14.7. The molecule has 0 atom stereocenters. The first-order valence-corrected chi connectivity index (χ1v) is 8.00. The van der Waals surface area contributed by atoms with Crippen molar-refractivity contribution in [3.63, 3.8) is 0 Å². The fraction of sp³-hybridized carbons (Fsp3) is 0.263. The molecule has 4 nitrogen and oxygen atoms in total. The Morgan fingerprint density at radius 3 is 2.21 bits per heavy atom. The number of carbonyl (C=O) groups is 2. The van der Waals surface area contributed by atoms with Gasteiger partial charge in [-0.25, -0.2) is 4.79 Å². The summed E-state index contributed by atoms with van der Waals surface area (Å²) in [6.07, 6.45) is 0. The van der Waals surface area contributed by atoms with Crippen molar-refractivity contribution in [3.05, 3.63) is 69.2 Å². The molecule has 0 heterocycles. The average molecular weight is 346 g/mol. The summed E-state index contributed by atoms with van der Waals surface area (Å²) in [5.41, 5.74) is 4.22. The Morgan fingerprint density at radius 1 is 1.04 bits per heavy atom. The maximum Gasteiger partial charge on any atom is 0.339 e. The molecule has 0 fully saturated rings. The molecule has 1 amide bonds. The van der Waals surface area contributed by atoms with Crippen molar-refractivity contribution in [3.8, 4) is 0 Å². The number of rotatable bonds is 5. The smallest absolute Gasteiger partial charge is 0.339 e. The van der Waals surface area contributed by atoms with Crippen molar-refractivity contribution in [2.24, 2.45) is 0 Å². The predicted molar refractivity (Wildman–Crippen MR) is 94.2 cm³/mol. The molecule has 0 unspecified atom stereocenters. The Bertz CT molecular complexity index is 731. The maximum absolute atomic E-state index is 12.2. The standard InChI is InChI=1S/C19H20ClNO3/c1-12-8-13(2)18(14(3)9-12)19(23)24-11-17(22)21-10-15-4-6-16(20)7-5-15/h4-9H,10-11H2,1-3H3,(H,21,22). The molecule has 0 spiro atoms. The molecule has 1 N–H and O–H groups in total. The Balaban J connectivity index is 1.87. The molecule has 5 heteroatoms. The van der Waals surface area contributed by atoms with Crippen molar-refractivity contribution in [1.82, 2.24) is 5.32 Å². The van der Waals surface area contributed by atoms with E-state index in [0.29, 0.717) is 17.1 Å². The highest BCUT2D eigenvalue weighted by Crippen LogP contribution is 2.17. The summed E-state index contributed by atoms with van der Waals surface area (Å²) in [7, 11) is 0. The van der Waals surface area contributed by atoms with Gasteiger partial charge >= 0.3 is 5.97 Å². The van der Waals surface area contributed by atoms with Gasteiger partial charge in [0.2, 0.25) is 0 Å². The lowest BCUT2D eigenvalue weighted by molar-refractivity contribution is -0.124. The Labute approximate surface area is 146 Å². The molecule has 0 radical (unpaired) electrons. The summed E-state index contributed by atoms with van der Waals surface area (Å²) >= 11 is 5.81. The van der Waals surface area contributed by atoms with Crippen molar-refractivity contribution in [2.75, 3.05) is 6.61 Å². The minimum atomic E-state index is -0.480. The van der Waals surface area contributed by atoms with Crippen molar-refractivity contribution < 1.29 is 14.3 Å². The number of amides is 1. The van der Waals surface area contributed by atoms with E-state index in [1.54, 1.807) is 12.1 Å². The van der Waals surface area contributed by atoms with E-state index in [0.717, 1.165) is 22.3 Å². The van der Waals surface area contributed by atoms with Crippen molar-refractivity contribution >= 4 is 23.5 Å². The molecular weight excluding hydrogens is 326 g/mol. The number of ether oxygens (including phenoxy) is 1. The van der Waals surface area contributed by atoms with Gasteiger partial charge in [-0.15, -0.1) is 0 Å². The molecule has 0 saturated carbocycles. The van der Waals surface area contributed by atoms with Gasteiger partial charge in [0.15, 0.2) is 6.61 Å². The fourth-order valence-electron chi connectivity index (χ4n) is 2.56. The second-order valence-corrected chi connectivity index (χ2v) is 6.19. The molecule has 2 rings (SSSR count). The number of hydrogen-bond acceptors (Lipinski definition) is 3. The van der Waals surface area contributed by atoms with E-state index >= 15 is 0 Å². The van der Waals surface area contributed by atoms with Crippen LogP contribution in [-0.4, -0.2) is 18.5 Å². The second kappa shape index (κ2) is 7.97. The van der Waals surface area contributed by atoms with Crippen LogP contribution in [0.15, 0.2) is 36.4 Å². The van der Waals surface area contributed by atoms with Crippen LogP contribution < -0.4 is 5.32 Å². The van der Waals surface area contributed by atoms with Gasteiger partial charge in [-0.1, -0.05) is 41.4 Å². The first-order chi connectivity index (χ1) is 11.4. The van der Waals surface area contributed by atoms with Gasteiger partial charge in [0.05, 0.1) is 5.56 Å². The Morgan fingerprint density at radius 2 is 1.62 bits per heavy atom. The van der Waals surface area contributed by atoms with E-state index in [1.807, 2.05) is 45.0 Å². The monoisotopic (exact) mass is 345 g/mol. The summed E-state index contributed by atoms with van der Waals surface area (Å²) < 4.78 is 5.13. The highest BCUT2D eigenvalue weighted by molar-refractivity contribution is 6.30. The first kappa shape index (κ1) is 18.0. The maximum atomic E-state index is 12.2. The summed E-state index contributed by atoms with van der Waals surface area (Å²) in [5.74, 6) is -0.827. The van der Waals surface area contributed by atoms with E-state index in [4.69, 9.17) is 16.3 Å². The number of nitrogens with one attached hydrogen (secondary N) is 1. The second-order valence-electron chi connectivity index (χ2n) is 5.75. The van der Waals surface area contributed by atoms with Crippen LogP contribution >= 0.6 is 11.6 Å². The molecule has 2 aromatic carbocycles. The third kappa shape index (κ3) is 4.83. The summed E-state index contributed by atoms with van der Waals surface area (Å²) in [6, 6.07) is 11.0. The molecule has 0 bridgehead atoms. The Kier molecular flexibility index (Phi) is 5.99. The number of aryl methyl sites for hydroxylation is 3. The van der Waals surface area contributed by atoms with Crippen LogP contribution in [0.2, 0.25) is 5.02 Å². The number of hydrogen-bond donors (Lipinski definition) is 1. The van der Waals surface area contributed by atoms with Crippen molar-refractivity contribution in [2.45, 2.75) is 27.3 Å².